The van der Waals surface area contributed by atoms with Crippen molar-refractivity contribution in [1.82, 2.24) is 5.32 Å². The third-order valence-corrected chi connectivity index (χ3v) is 5.77. The first-order valence-corrected chi connectivity index (χ1v) is 11.4. The molecule has 0 aliphatic carbocycles. The molecule has 1 aliphatic rings. The summed E-state index contributed by atoms with van der Waals surface area (Å²) in [6.45, 7) is 0.525. The number of non-ortho nitro benzene ring substituents is 1. The van der Waals surface area contributed by atoms with E-state index in [1.807, 2.05) is 31.1 Å². The molecule has 0 saturated carbocycles. The first kappa shape index (κ1) is 27.7. The van der Waals surface area contributed by atoms with Gasteiger partial charge < -0.3 is 35.0 Å². The van der Waals surface area contributed by atoms with Crippen molar-refractivity contribution >= 4 is 29.1 Å². The van der Waals surface area contributed by atoms with Crippen LogP contribution >= 0.6 is 0 Å². The summed E-state index contributed by atoms with van der Waals surface area (Å²) < 4.78 is 11.3. The van der Waals surface area contributed by atoms with Gasteiger partial charge in [0.1, 0.15) is 30.1 Å². The second kappa shape index (κ2) is 11.9. The van der Waals surface area contributed by atoms with Gasteiger partial charge in [0.25, 0.3) is 5.69 Å². The van der Waals surface area contributed by atoms with Crippen LogP contribution in [0.4, 0.5) is 11.4 Å². The van der Waals surface area contributed by atoms with Crippen molar-refractivity contribution in [3.05, 3.63) is 69.8 Å². The zero-order chi connectivity index (χ0) is 27.3. The molecular formula is C25H29N3O9. The molecular weight excluding hydrogens is 486 g/mol. The maximum Gasteiger partial charge on any atom is 0.270 e. The predicted octanol–water partition coefficient (Wildman–Crippen LogP) is 0.879. The summed E-state index contributed by atoms with van der Waals surface area (Å²) >= 11 is 0. The minimum atomic E-state index is -1.57. The lowest BCUT2D eigenvalue weighted by Crippen LogP contribution is -2.65. The number of nitrogens with zero attached hydrogens (tertiary/aromatic N) is 2. The number of aliphatic hydroxyl groups is 3. The molecule has 0 spiro atoms. The Morgan fingerprint density at radius 2 is 1.84 bits per heavy atom. The van der Waals surface area contributed by atoms with Crippen molar-refractivity contribution in [2.24, 2.45) is 0 Å². The van der Waals surface area contributed by atoms with Crippen molar-refractivity contribution in [2.75, 3.05) is 25.6 Å². The number of benzene rings is 2. The number of nitro benzene ring substituents is 1. The number of aliphatic hydroxyl groups excluding tert-OH is 3. The number of carbonyl (C=O) groups excluding carboxylic acids is 2. The summed E-state index contributed by atoms with van der Waals surface area (Å²) in [5.41, 5.74) is 1.16. The molecule has 3 rings (SSSR count). The summed E-state index contributed by atoms with van der Waals surface area (Å²) in [6, 6.07) is 9.45. The van der Waals surface area contributed by atoms with Gasteiger partial charge in [-0.15, -0.1) is 0 Å². The highest BCUT2D eigenvalue weighted by Crippen LogP contribution is 2.30. The number of amides is 1. The van der Waals surface area contributed by atoms with E-state index in [9.17, 15) is 35.0 Å². The fraction of sp³-hybridized carbons (Fsp3) is 0.360. The summed E-state index contributed by atoms with van der Waals surface area (Å²) in [7, 11) is 3.79. The van der Waals surface area contributed by atoms with Crippen LogP contribution in [0.5, 0.6) is 5.75 Å². The molecule has 37 heavy (non-hydrogen) atoms. The van der Waals surface area contributed by atoms with Crippen molar-refractivity contribution in [3.63, 3.8) is 0 Å². The maximum absolute atomic E-state index is 13.1. The minimum absolute atomic E-state index is 0.121. The van der Waals surface area contributed by atoms with Gasteiger partial charge in [-0.05, 0) is 29.8 Å². The number of rotatable bonds is 9. The lowest BCUT2D eigenvalue weighted by Gasteiger charge is -2.42. The smallest absolute Gasteiger partial charge is 0.270 e. The molecule has 1 aliphatic heterocycles. The van der Waals surface area contributed by atoms with Gasteiger partial charge in [0.05, 0.1) is 17.1 Å². The van der Waals surface area contributed by atoms with Gasteiger partial charge in [0.15, 0.2) is 5.78 Å². The zero-order valence-electron chi connectivity index (χ0n) is 20.5. The van der Waals surface area contributed by atoms with Crippen LogP contribution in [0.2, 0.25) is 0 Å². The summed E-state index contributed by atoms with van der Waals surface area (Å²) in [6.07, 6.45) is -2.99. The second-order valence-corrected chi connectivity index (χ2v) is 8.67. The third-order valence-electron chi connectivity index (χ3n) is 5.77. The Morgan fingerprint density at radius 3 is 2.41 bits per heavy atom. The number of nitrogens with one attached hydrogen (secondary N) is 1. The van der Waals surface area contributed by atoms with Gasteiger partial charge in [-0.2, -0.15) is 0 Å². The van der Waals surface area contributed by atoms with E-state index in [0.717, 1.165) is 23.4 Å². The molecule has 1 saturated heterocycles. The summed E-state index contributed by atoms with van der Waals surface area (Å²) in [5, 5.41) is 44.0. The monoisotopic (exact) mass is 515 g/mol. The van der Waals surface area contributed by atoms with Crippen LogP contribution in [0.3, 0.4) is 0 Å². The quantitative estimate of drug-likeness (QED) is 0.163. The summed E-state index contributed by atoms with van der Waals surface area (Å²) in [4.78, 5) is 37.4. The van der Waals surface area contributed by atoms with E-state index < -0.39 is 53.9 Å². The molecule has 1 fully saturated rings. The largest absolute Gasteiger partial charge is 0.462 e. The van der Waals surface area contributed by atoms with Crippen LogP contribution in [0.25, 0.3) is 6.08 Å². The van der Waals surface area contributed by atoms with Crippen LogP contribution in [0.1, 0.15) is 22.8 Å². The molecule has 4 N–H and O–H groups in total. The molecule has 198 valence electrons. The van der Waals surface area contributed by atoms with E-state index in [1.165, 1.54) is 19.1 Å². The van der Waals surface area contributed by atoms with E-state index >= 15 is 0 Å². The second-order valence-electron chi connectivity index (χ2n) is 8.67. The number of ketones is 1. The number of hydrogen-bond acceptors (Lipinski definition) is 10. The Morgan fingerprint density at radius 1 is 1.16 bits per heavy atom. The number of allylic oxidation sites excluding steroid dienone is 1. The van der Waals surface area contributed by atoms with Crippen molar-refractivity contribution in [2.45, 2.75) is 37.6 Å². The van der Waals surface area contributed by atoms with Gasteiger partial charge >= 0.3 is 0 Å². The average Bonchev–Trinajstić information content (AvgIpc) is 2.86. The lowest BCUT2D eigenvalue weighted by molar-refractivity contribution is -0.384. The number of ether oxygens (including phenoxy) is 2. The van der Waals surface area contributed by atoms with Gasteiger partial charge in [-0.25, -0.2) is 0 Å². The van der Waals surface area contributed by atoms with E-state index in [4.69, 9.17) is 9.47 Å². The van der Waals surface area contributed by atoms with Crippen LogP contribution in [-0.4, -0.2) is 83.3 Å². The average molecular weight is 516 g/mol. The van der Waals surface area contributed by atoms with Crippen molar-refractivity contribution in [1.29, 1.82) is 0 Å². The highest BCUT2D eigenvalue weighted by atomic mass is 16.7. The first-order chi connectivity index (χ1) is 17.5. The molecule has 2 aromatic rings. The molecule has 5 atom stereocenters. The number of hydrogen-bond donors (Lipinski definition) is 4. The highest BCUT2D eigenvalue weighted by Gasteiger charge is 2.46. The summed E-state index contributed by atoms with van der Waals surface area (Å²) in [5.74, 6) is -1.29. The van der Waals surface area contributed by atoms with E-state index in [-0.39, 0.29) is 17.0 Å². The third kappa shape index (κ3) is 6.68. The highest BCUT2D eigenvalue weighted by molar-refractivity contribution is 6.09. The number of carbonyl (C=O) groups is 2. The molecule has 0 radical (unpaired) electrons. The lowest BCUT2D eigenvalue weighted by atomic mass is 9.97. The van der Waals surface area contributed by atoms with Crippen molar-refractivity contribution in [3.8, 4) is 5.75 Å². The Hall–Kier alpha value is -3.84. The van der Waals surface area contributed by atoms with Crippen molar-refractivity contribution < 1.29 is 39.3 Å². The molecule has 1 heterocycles. The SMILES string of the molecule is CC(=O)N[C@@H]1[C@H](Oc2ccc([N+](=O)[O-])cc2C(=O)/C=C/c2ccc(N(C)C)cc2)O[C@H](CO)[C@@H](O)[C@H]1O. The van der Waals surface area contributed by atoms with E-state index in [1.54, 1.807) is 18.2 Å². The Kier molecular flexibility index (Phi) is 8.95. The van der Waals surface area contributed by atoms with Gasteiger partial charge in [-0.3, -0.25) is 19.7 Å². The molecule has 0 unspecified atom stereocenters. The fourth-order valence-corrected chi connectivity index (χ4v) is 3.77. The van der Waals surface area contributed by atoms with Gasteiger partial charge in [0.2, 0.25) is 12.2 Å². The van der Waals surface area contributed by atoms with Crippen LogP contribution < -0.4 is 15.0 Å². The predicted molar refractivity (Wildman–Crippen MR) is 133 cm³/mol. The van der Waals surface area contributed by atoms with Crippen LogP contribution in [0, 0.1) is 10.1 Å². The number of nitro groups is 1. The molecule has 12 heteroatoms. The topological polar surface area (TPSA) is 172 Å². The first-order valence-electron chi connectivity index (χ1n) is 11.4. The Labute approximate surface area is 212 Å². The normalized spacial score (nSPS) is 23.5. The Bertz CT molecular complexity index is 1170. The maximum atomic E-state index is 13.1. The zero-order valence-corrected chi connectivity index (χ0v) is 20.5. The van der Waals surface area contributed by atoms with Crippen LogP contribution in [0.15, 0.2) is 48.5 Å². The minimum Gasteiger partial charge on any atom is -0.462 e. The molecule has 0 aromatic heterocycles. The fourth-order valence-electron chi connectivity index (χ4n) is 3.77. The molecule has 2 aromatic carbocycles. The Balaban J connectivity index is 1.93. The molecule has 12 nitrogen and oxygen atoms in total. The standard InChI is InChI=1S/C25H29N3O9/c1-14(30)26-22-24(33)23(32)21(13-29)37-25(22)36-20-11-9-17(28(34)35)12-18(20)19(31)10-6-15-4-7-16(8-5-15)27(2)3/h4-12,21-25,29,32-33H,13H2,1-3H3,(H,26,30)/b10-6+/t21-,22+,23-,24+,25-/m1/s1. The van der Waals surface area contributed by atoms with E-state index in [0.29, 0.717) is 0 Å². The van der Waals surface area contributed by atoms with Gasteiger partial charge in [-0.1, -0.05) is 18.2 Å². The molecule has 0 bridgehead atoms. The number of anilines is 1. The van der Waals surface area contributed by atoms with Crippen LogP contribution in [-0.2, 0) is 9.53 Å². The molecule has 1 amide bonds. The van der Waals surface area contributed by atoms with E-state index in [2.05, 4.69) is 5.32 Å². The van der Waals surface area contributed by atoms with Gasteiger partial charge in [0, 0.05) is 38.8 Å².